The fourth-order valence-electron chi connectivity index (χ4n) is 3.79. The summed E-state index contributed by atoms with van der Waals surface area (Å²) < 4.78 is 6.69. The summed E-state index contributed by atoms with van der Waals surface area (Å²) in [7, 11) is 0. The molecule has 0 radical (unpaired) electrons. The van der Waals surface area contributed by atoms with E-state index in [9.17, 15) is 9.59 Å². The number of benzene rings is 1. The summed E-state index contributed by atoms with van der Waals surface area (Å²) in [4.78, 5) is 33.5. The molecule has 4 aromatic rings. The van der Waals surface area contributed by atoms with Crippen molar-refractivity contribution in [2.24, 2.45) is 0 Å². The van der Waals surface area contributed by atoms with Gasteiger partial charge >= 0.3 is 0 Å². The minimum Gasteiger partial charge on any atom is -0.463 e. The van der Waals surface area contributed by atoms with Crippen LogP contribution in [0.3, 0.4) is 0 Å². The van der Waals surface area contributed by atoms with Crippen molar-refractivity contribution in [1.29, 1.82) is 0 Å². The van der Waals surface area contributed by atoms with Gasteiger partial charge in [-0.2, -0.15) is 0 Å². The van der Waals surface area contributed by atoms with Crippen molar-refractivity contribution < 1.29 is 9.21 Å². The number of piperazine rings is 1. The van der Waals surface area contributed by atoms with Gasteiger partial charge in [0.25, 0.3) is 5.56 Å². The molecule has 9 heteroatoms. The van der Waals surface area contributed by atoms with Crippen LogP contribution in [0.4, 0.5) is 5.82 Å². The number of carbonyl (C=O) groups is 1. The molecule has 0 aliphatic carbocycles. The van der Waals surface area contributed by atoms with Gasteiger partial charge < -0.3 is 14.2 Å². The number of furan rings is 1. The predicted octanol–water partition coefficient (Wildman–Crippen LogP) is 2.31. The van der Waals surface area contributed by atoms with Gasteiger partial charge in [-0.15, -0.1) is 10.2 Å². The quantitative estimate of drug-likeness (QED) is 0.468. The maximum Gasteiger partial charge on any atom is 0.254 e. The van der Waals surface area contributed by atoms with Gasteiger partial charge in [0.2, 0.25) is 5.91 Å². The molecule has 1 aliphatic rings. The zero-order valence-electron chi connectivity index (χ0n) is 17.9. The number of carbonyl (C=O) groups excluding carboxylic acids is 1. The number of hydrogen-bond donors (Lipinski definition) is 0. The molecule has 1 aliphatic heterocycles. The SMILES string of the molecule is O=C(Cn1cnc(-c2ccccc2)cc1=O)N1CCN(c2ccc(-c3ccco3)nn2)CC1. The summed E-state index contributed by atoms with van der Waals surface area (Å²) in [6, 6.07) is 18.4. The first-order valence-electron chi connectivity index (χ1n) is 10.7. The summed E-state index contributed by atoms with van der Waals surface area (Å²) in [5.74, 6) is 1.32. The molecule has 3 aromatic heterocycles. The Morgan fingerprint density at radius 1 is 0.909 bits per heavy atom. The normalized spacial score (nSPS) is 13.8. The van der Waals surface area contributed by atoms with E-state index in [1.54, 1.807) is 11.2 Å². The molecule has 166 valence electrons. The minimum atomic E-state index is -0.247. The molecule has 0 atom stereocenters. The summed E-state index contributed by atoms with van der Waals surface area (Å²) >= 11 is 0. The average Bonchev–Trinajstić information content (AvgIpc) is 3.41. The second kappa shape index (κ2) is 9.07. The molecule has 0 bridgehead atoms. The molecule has 1 amide bonds. The van der Waals surface area contributed by atoms with Gasteiger partial charge in [0.05, 0.1) is 18.3 Å². The molecule has 1 aromatic carbocycles. The topological polar surface area (TPSA) is 97.4 Å². The molecule has 5 rings (SSSR count). The lowest BCUT2D eigenvalue weighted by Gasteiger charge is -2.35. The van der Waals surface area contributed by atoms with E-state index in [1.165, 1.54) is 17.0 Å². The number of amides is 1. The molecular formula is C24H22N6O3. The molecule has 0 unspecified atom stereocenters. The van der Waals surface area contributed by atoms with Crippen molar-refractivity contribution in [2.75, 3.05) is 31.1 Å². The zero-order valence-corrected chi connectivity index (χ0v) is 17.9. The van der Waals surface area contributed by atoms with Gasteiger partial charge in [-0.1, -0.05) is 30.3 Å². The van der Waals surface area contributed by atoms with Crippen LogP contribution < -0.4 is 10.5 Å². The first kappa shape index (κ1) is 20.6. The number of nitrogens with zero attached hydrogens (tertiary/aromatic N) is 6. The van der Waals surface area contributed by atoms with E-state index in [-0.39, 0.29) is 18.0 Å². The van der Waals surface area contributed by atoms with Crippen LogP contribution >= 0.6 is 0 Å². The lowest BCUT2D eigenvalue weighted by atomic mass is 10.1. The third kappa shape index (κ3) is 4.52. The van der Waals surface area contributed by atoms with Crippen molar-refractivity contribution in [3.8, 4) is 22.7 Å². The number of hydrogen-bond acceptors (Lipinski definition) is 7. The molecule has 0 N–H and O–H groups in total. The van der Waals surface area contributed by atoms with E-state index in [0.29, 0.717) is 43.3 Å². The van der Waals surface area contributed by atoms with Crippen LogP contribution in [0.5, 0.6) is 0 Å². The molecule has 4 heterocycles. The summed E-state index contributed by atoms with van der Waals surface area (Å²) in [6.45, 7) is 2.34. The van der Waals surface area contributed by atoms with Crippen LogP contribution in [-0.4, -0.2) is 56.7 Å². The summed E-state index contributed by atoms with van der Waals surface area (Å²) in [5, 5.41) is 8.53. The van der Waals surface area contributed by atoms with Crippen LogP contribution in [0.2, 0.25) is 0 Å². The van der Waals surface area contributed by atoms with Crippen molar-refractivity contribution in [1.82, 2.24) is 24.6 Å². The van der Waals surface area contributed by atoms with Gasteiger partial charge in [0.1, 0.15) is 12.2 Å². The summed E-state index contributed by atoms with van der Waals surface area (Å²) in [6.07, 6.45) is 3.04. The Morgan fingerprint density at radius 2 is 1.73 bits per heavy atom. The minimum absolute atomic E-state index is 0.0292. The fourth-order valence-corrected chi connectivity index (χ4v) is 3.79. The Labute approximate surface area is 189 Å². The first-order valence-corrected chi connectivity index (χ1v) is 10.7. The highest BCUT2D eigenvalue weighted by Crippen LogP contribution is 2.19. The van der Waals surface area contributed by atoms with Crippen molar-refractivity contribution in [3.63, 3.8) is 0 Å². The third-order valence-corrected chi connectivity index (χ3v) is 5.64. The second-order valence-corrected chi connectivity index (χ2v) is 7.73. The Kier molecular flexibility index (Phi) is 5.67. The molecule has 1 saturated heterocycles. The van der Waals surface area contributed by atoms with E-state index < -0.39 is 0 Å². The van der Waals surface area contributed by atoms with Crippen molar-refractivity contribution in [2.45, 2.75) is 6.54 Å². The number of aromatic nitrogens is 4. The van der Waals surface area contributed by atoms with E-state index in [4.69, 9.17) is 4.42 Å². The highest BCUT2D eigenvalue weighted by atomic mass is 16.3. The Morgan fingerprint density at radius 3 is 2.39 bits per heavy atom. The molecule has 33 heavy (non-hydrogen) atoms. The second-order valence-electron chi connectivity index (χ2n) is 7.73. The van der Waals surface area contributed by atoms with E-state index in [0.717, 1.165) is 11.4 Å². The number of anilines is 1. The van der Waals surface area contributed by atoms with Crippen LogP contribution in [0.25, 0.3) is 22.7 Å². The molecule has 1 fully saturated rings. The third-order valence-electron chi connectivity index (χ3n) is 5.64. The maximum atomic E-state index is 12.8. The molecule has 0 spiro atoms. The molecule has 9 nitrogen and oxygen atoms in total. The van der Waals surface area contributed by atoms with Crippen LogP contribution in [-0.2, 0) is 11.3 Å². The van der Waals surface area contributed by atoms with Gasteiger partial charge in [0.15, 0.2) is 11.6 Å². The van der Waals surface area contributed by atoms with Crippen LogP contribution in [0.1, 0.15) is 0 Å². The zero-order chi connectivity index (χ0) is 22.6. The van der Waals surface area contributed by atoms with Gasteiger partial charge in [-0.3, -0.25) is 14.2 Å². The lowest BCUT2D eigenvalue weighted by molar-refractivity contribution is -0.132. The predicted molar refractivity (Wildman–Crippen MR) is 122 cm³/mol. The number of rotatable bonds is 5. The average molecular weight is 442 g/mol. The molecule has 0 saturated carbocycles. The van der Waals surface area contributed by atoms with Crippen LogP contribution in [0, 0.1) is 0 Å². The Hall–Kier alpha value is -4.27. The lowest BCUT2D eigenvalue weighted by Crippen LogP contribution is -2.50. The van der Waals surface area contributed by atoms with E-state index in [2.05, 4.69) is 20.1 Å². The van der Waals surface area contributed by atoms with Gasteiger partial charge in [-0.25, -0.2) is 4.98 Å². The monoisotopic (exact) mass is 442 g/mol. The van der Waals surface area contributed by atoms with Crippen LogP contribution in [0.15, 0.2) is 82.5 Å². The smallest absolute Gasteiger partial charge is 0.254 e. The first-order chi connectivity index (χ1) is 16.2. The Bertz CT molecular complexity index is 1280. The largest absolute Gasteiger partial charge is 0.463 e. The van der Waals surface area contributed by atoms with Gasteiger partial charge in [-0.05, 0) is 24.3 Å². The summed E-state index contributed by atoms with van der Waals surface area (Å²) in [5.41, 5.74) is 1.89. The van der Waals surface area contributed by atoms with Crippen molar-refractivity contribution >= 4 is 11.7 Å². The van der Waals surface area contributed by atoms with E-state index in [1.807, 2.05) is 54.6 Å². The fraction of sp³-hybridized carbons (Fsp3) is 0.208. The van der Waals surface area contributed by atoms with E-state index >= 15 is 0 Å². The Balaban J connectivity index is 1.18. The highest BCUT2D eigenvalue weighted by molar-refractivity contribution is 5.76. The molecular weight excluding hydrogens is 420 g/mol. The maximum absolute atomic E-state index is 12.8. The van der Waals surface area contributed by atoms with Crippen molar-refractivity contribution in [3.05, 3.63) is 83.6 Å². The van der Waals surface area contributed by atoms with Gasteiger partial charge in [0, 0.05) is 37.8 Å². The standard InChI is InChI=1S/C24H22N6O3/c31-23-15-20(18-5-2-1-3-6-18)25-17-30(23)16-24(32)29-12-10-28(11-13-29)22-9-8-19(26-27-22)21-7-4-14-33-21/h1-9,14-15,17H,10-13,16H2. The highest BCUT2D eigenvalue weighted by Gasteiger charge is 2.23.